The van der Waals surface area contributed by atoms with Crippen LogP contribution in [0.15, 0.2) is 46.4 Å². The molecule has 8 heteroatoms. The molecule has 1 aromatic carbocycles. The van der Waals surface area contributed by atoms with Gasteiger partial charge in [0.15, 0.2) is 10.3 Å². The Morgan fingerprint density at radius 1 is 1.28 bits per heavy atom. The van der Waals surface area contributed by atoms with E-state index in [4.69, 9.17) is 34.8 Å². The minimum atomic E-state index is -0.128. The number of benzene rings is 1. The molecular formula is C17H12Cl3N3OS. The molecule has 1 saturated heterocycles. The SMILES string of the molecule is CCN1C(=O)/C(=C/c2ccc(Cl)cc2Cl)SC1=Nc1cccnc1Cl. The van der Waals surface area contributed by atoms with E-state index in [2.05, 4.69) is 9.98 Å². The maximum atomic E-state index is 12.6. The maximum Gasteiger partial charge on any atom is 0.266 e. The lowest BCUT2D eigenvalue weighted by Gasteiger charge is -2.12. The normalized spacial score (nSPS) is 17.8. The Hall–Kier alpha value is -1.53. The van der Waals surface area contributed by atoms with E-state index in [0.717, 1.165) is 5.56 Å². The first-order valence-corrected chi connectivity index (χ1v) is 9.30. The van der Waals surface area contributed by atoms with Crippen LogP contribution in [-0.4, -0.2) is 27.5 Å². The minimum absolute atomic E-state index is 0.128. The third-order valence-corrected chi connectivity index (χ3v) is 5.27. The number of rotatable bonds is 3. The first-order valence-electron chi connectivity index (χ1n) is 7.35. The number of carbonyl (C=O) groups excluding carboxylic acids is 1. The van der Waals surface area contributed by atoms with Crippen LogP contribution in [0.25, 0.3) is 6.08 Å². The quantitative estimate of drug-likeness (QED) is 0.482. The first kappa shape index (κ1) is 18.3. The van der Waals surface area contributed by atoms with Gasteiger partial charge in [0, 0.05) is 22.8 Å². The molecule has 0 saturated carbocycles. The van der Waals surface area contributed by atoms with Crippen molar-refractivity contribution in [2.24, 2.45) is 4.99 Å². The summed E-state index contributed by atoms with van der Waals surface area (Å²) in [5.74, 6) is -0.128. The zero-order chi connectivity index (χ0) is 18.0. The van der Waals surface area contributed by atoms with Gasteiger partial charge >= 0.3 is 0 Å². The molecule has 2 heterocycles. The van der Waals surface area contributed by atoms with E-state index in [9.17, 15) is 4.79 Å². The van der Waals surface area contributed by atoms with Crippen molar-refractivity contribution in [1.29, 1.82) is 0 Å². The number of pyridine rings is 1. The summed E-state index contributed by atoms with van der Waals surface area (Å²) in [5, 5.41) is 1.87. The fourth-order valence-electron chi connectivity index (χ4n) is 2.19. The van der Waals surface area contributed by atoms with Crippen molar-refractivity contribution in [3.8, 4) is 0 Å². The summed E-state index contributed by atoms with van der Waals surface area (Å²) in [5.41, 5.74) is 1.24. The zero-order valence-corrected chi connectivity index (χ0v) is 16.1. The molecule has 0 N–H and O–H groups in total. The van der Waals surface area contributed by atoms with Crippen molar-refractivity contribution in [1.82, 2.24) is 9.88 Å². The highest BCUT2D eigenvalue weighted by molar-refractivity contribution is 8.18. The molecule has 0 atom stereocenters. The Bertz CT molecular complexity index is 898. The lowest BCUT2D eigenvalue weighted by molar-refractivity contribution is -0.122. The number of aliphatic imine (C=N–C) groups is 1. The molecule has 0 spiro atoms. The van der Waals surface area contributed by atoms with Gasteiger partial charge in [0.25, 0.3) is 5.91 Å². The molecule has 1 amide bonds. The van der Waals surface area contributed by atoms with Gasteiger partial charge < -0.3 is 0 Å². The average molecular weight is 413 g/mol. The highest BCUT2D eigenvalue weighted by Crippen LogP contribution is 2.36. The van der Waals surface area contributed by atoms with Crippen LogP contribution in [0, 0.1) is 0 Å². The predicted molar refractivity (Wildman–Crippen MR) is 106 cm³/mol. The van der Waals surface area contributed by atoms with Crippen LogP contribution in [0.2, 0.25) is 15.2 Å². The number of carbonyl (C=O) groups is 1. The zero-order valence-electron chi connectivity index (χ0n) is 13.0. The van der Waals surface area contributed by atoms with Gasteiger partial charge in [-0.1, -0.05) is 40.9 Å². The fourth-order valence-corrected chi connectivity index (χ4v) is 3.86. The van der Waals surface area contributed by atoms with Crippen LogP contribution in [0.5, 0.6) is 0 Å². The molecule has 1 aromatic heterocycles. The van der Waals surface area contributed by atoms with Crippen molar-refractivity contribution in [2.75, 3.05) is 6.54 Å². The molecule has 0 bridgehead atoms. The van der Waals surface area contributed by atoms with Gasteiger partial charge in [-0.2, -0.15) is 0 Å². The summed E-state index contributed by atoms with van der Waals surface area (Å²) in [4.78, 5) is 23.2. The molecule has 4 nitrogen and oxygen atoms in total. The number of amidine groups is 1. The van der Waals surface area contributed by atoms with Crippen LogP contribution in [-0.2, 0) is 4.79 Å². The molecule has 25 heavy (non-hydrogen) atoms. The molecule has 3 rings (SSSR count). The van der Waals surface area contributed by atoms with Gasteiger partial charge in [0.2, 0.25) is 0 Å². The van der Waals surface area contributed by atoms with Gasteiger partial charge in [-0.15, -0.1) is 0 Å². The molecule has 0 unspecified atom stereocenters. The van der Waals surface area contributed by atoms with E-state index < -0.39 is 0 Å². The third-order valence-electron chi connectivity index (χ3n) is 3.41. The number of nitrogens with zero attached hydrogens (tertiary/aromatic N) is 3. The minimum Gasteiger partial charge on any atom is -0.287 e. The molecule has 128 valence electrons. The van der Waals surface area contributed by atoms with Gasteiger partial charge in [-0.25, -0.2) is 9.98 Å². The van der Waals surface area contributed by atoms with E-state index in [1.807, 2.05) is 6.92 Å². The Morgan fingerprint density at radius 2 is 2.08 bits per heavy atom. The van der Waals surface area contributed by atoms with E-state index in [1.165, 1.54) is 11.8 Å². The first-order chi connectivity index (χ1) is 12.0. The molecule has 1 aliphatic heterocycles. The number of likely N-dealkylation sites (N-methyl/N-ethyl adjacent to an activating group) is 1. The number of hydrogen-bond donors (Lipinski definition) is 0. The third kappa shape index (κ3) is 4.01. The second-order valence-electron chi connectivity index (χ2n) is 5.03. The van der Waals surface area contributed by atoms with E-state index in [0.29, 0.717) is 32.4 Å². The number of thioether (sulfide) groups is 1. The van der Waals surface area contributed by atoms with Gasteiger partial charge in [0.1, 0.15) is 5.69 Å². The van der Waals surface area contributed by atoms with Crippen LogP contribution in [0.1, 0.15) is 12.5 Å². The standard InChI is InChI=1S/C17H12Cl3N3OS/c1-2-23-16(24)14(8-10-5-6-11(18)9-12(10)19)25-17(23)22-13-4-3-7-21-15(13)20/h3-9H,2H2,1H3/b14-8-,22-17?. The molecule has 1 fully saturated rings. The van der Waals surface area contributed by atoms with Gasteiger partial charge in [-0.3, -0.25) is 9.69 Å². The number of hydrogen-bond acceptors (Lipinski definition) is 4. The highest BCUT2D eigenvalue weighted by Gasteiger charge is 2.32. The Balaban J connectivity index is 1.98. The van der Waals surface area contributed by atoms with Crippen molar-refractivity contribution in [3.05, 3.63) is 62.2 Å². The van der Waals surface area contributed by atoms with Crippen LogP contribution < -0.4 is 0 Å². The Kier molecular flexibility index (Phi) is 5.69. The monoisotopic (exact) mass is 411 g/mol. The van der Waals surface area contributed by atoms with Crippen molar-refractivity contribution in [2.45, 2.75) is 6.92 Å². The number of aromatic nitrogens is 1. The Labute approximate surface area is 164 Å². The summed E-state index contributed by atoms with van der Waals surface area (Å²) in [6.45, 7) is 2.38. The van der Waals surface area contributed by atoms with E-state index in [-0.39, 0.29) is 11.1 Å². The summed E-state index contributed by atoms with van der Waals surface area (Å²) < 4.78 is 0. The van der Waals surface area contributed by atoms with Gasteiger partial charge in [0.05, 0.1) is 4.91 Å². The smallest absolute Gasteiger partial charge is 0.266 e. The summed E-state index contributed by atoms with van der Waals surface area (Å²) in [6.07, 6.45) is 3.33. The van der Waals surface area contributed by atoms with Crippen LogP contribution >= 0.6 is 46.6 Å². The molecule has 1 aliphatic rings. The van der Waals surface area contributed by atoms with Gasteiger partial charge in [-0.05, 0) is 54.6 Å². The lowest BCUT2D eigenvalue weighted by atomic mass is 10.2. The molecule has 2 aromatic rings. The van der Waals surface area contributed by atoms with E-state index in [1.54, 1.807) is 47.5 Å². The summed E-state index contributed by atoms with van der Waals surface area (Å²) in [6, 6.07) is 8.63. The second-order valence-corrected chi connectivity index (χ2v) is 7.24. The largest absolute Gasteiger partial charge is 0.287 e. The predicted octanol–water partition coefficient (Wildman–Crippen LogP) is 5.67. The number of halogens is 3. The van der Waals surface area contributed by atoms with Crippen LogP contribution in [0.3, 0.4) is 0 Å². The Morgan fingerprint density at radius 3 is 2.76 bits per heavy atom. The fraction of sp³-hybridized carbons (Fsp3) is 0.118. The van der Waals surface area contributed by atoms with Crippen molar-refractivity contribution >= 4 is 69.4 Å². The molecule has 0 radical (unpaired) electrons. The summed E-state index contributed by atoms with van der Waals surface area (Å²) in [7, 11) is 0. The highest BCUT2D eigenvalue weighted by atomic mass is 35.5. The number of amides is 1. The molecular weight excluding hydrogens is 401 g/mol. The summed E-state index contributed by atoms with van der Waals surface area (Å²) >= 11 is 19.4. The maximum absolute atomic E-state index is 12.6. The van der Waals surface area contributed by atoms with Crippen LogP contribution in [0.4, 0.5) is 5.69 Å². The second kappa shape index (κ2) is 7.79. The lowest BCUT2D eigenvalue weighted by Crippen LogP contribution is -2.28. The average Bonchev–Trinajstić information content (AvgIpc) is 2.87. The molecule has 0 aliphatic carbocycles. The van der Waals surface area contributed by atoms with Crippen molar-refractivity contribution < 1.29 is 4.79 Å². The van der Waals surface area contributed by atoms with E-state index >= 15 is 0 Å². The topological polar surface area (TPSA) is 45.6 Å². The van der Waals surface area contributed by atoms with Crippen molar-refractivity contribution in [3.63, 3.8) is 0 Å².